The number of esters is 1. The smallest absolute Gasteiger partial charge is 0.338 e. The number of para-hydroxylation sites is 1. The van der Waals surface area contributed by atoms with E-state index in [1.165, 1.54) is 28.4 Å². The molecule has 1 aromatic heterocycles. The molecule has 0 spiro atoms. The Morgan fingerprint density at radius 1 is 1.07 bits per heavy atom. The number of hydrogen-bond donors (Lipinski definition) is 0. The number of anilines is 1. The lowest BCUT2D eigenvalue weighted by atomic mass is 9.96. The molecule has 1 amide bonds. The van der Waals surface area contributed by atoms with Crippen molar-refractivity contribution in [1.29, 1.82) is 0 Å². The number of rotatable bonds is 11. The number of ether oxygens (including phenoxy) is 2. The lowest BCUT2D eigenvalue weighted by molar-refractivity contribution is -0.138. The van der Waals surface area contributed by atoms with E-state index in [0.29, 0.717) is 38.5 Å². The van der Waals surface area contributed by atoms with Crippen LogP contribution in [-0.4, -0.2) is 36.7 Å². The van der Waals surface area contributed by atoms with Crippen molar-refractivity contribution < 1.29 is 19.1 Å². The predicted molar refractivity (Wildman–Crippen MR) is 164 cm³/mol. The molecule has 0 bridgehead atoms. The first-order valence-electron chi connectivity index (χ1n) is 14.3. The molecule has 218 valence electrons. The van der Waals surface area contributed by atoms with Crippen LogP contribution in [0.1, 0.15) is 63.1 Å². The van der Waals surface area contributed by atoms with Crippen LogP contribution in [0.5, 0.6) is 5.75 Å². The number of thiazole rings is 1. The van der Waals surface area contributed by atoms with Crippen LogP contribution in [0.3, 0.4) is 0 Å². The fourth-order valence-corrected chi connectivity index (χ4v) is 6.68. The maximum absolute atomic E-state index is 14.3. The van der Waals surface area contributed by atoms with E-state index in [-0.39, 0.29) is 23.6 Å². The maximum Gasteiger partial charge on any atom is 0.338 e. The molecule has 8 nitrogen and oxygen atoms in total. The van der Waals surface area contributed by atoms with Gasteiger partial charge in [-0.15, -0.1) is 0 Å². The molecule has 2 aliphatic heterocycles. The van der Waals surface area contributed by atoms with Crippen LogP contribution in [0.2, 0.25) is 0 Å². The lowest BCUT2D eigenvalue weighted by Gasteiger charge is -2.24. The van der Waals surface area contributed by atoms with Crippen LogP contribution >= 0.6 is 11.3 Å². The summed E-state index contributed by atoms with van der Waals surface area (Å²) in [5.41, 5.74) is 2.98. The fraction of sp³-hybridized carbons (Fsp3) is 0.333. The van der Waals surface area contributed by atoms with E-state index in [1.807, 2.05) is 36.4 Å². The Balaban J connectivity index is 1.66. The molecule has 1 unspecified atom stereocenters. The van der Waals surface area contributed by atoms with E-state index in [9.17, 15) is 14.4 Å². The normalized spacial score (nSPS) is 17.1. The first-order chi connectivity index (χ1) is 20.4. The number of methoxy groups -OCH3 is 1. The molecule has 3 aromatic rings. The minimum atomic E-state index is -0.791. The number of nitrogens with zero attached hydrogens (tertiary/aromatic N) is 3. The van der Waals surface area contributed by atoms with Crippen molar-refractivity contribution in [3.8, 4) is 5.75 Å². The van der Waals surface area contributed by atoms with Crippen molar-refractivity contribution in [3.63, 3.8) is 0 Å². The zero-order valence-electron chi connectivity index (χ0n) is 24.2. The number of amides is 1. The Kier molecular flexibility index (Phi) is 8.87. The summed E-state index contributed by atoms with van der Waals surface area (Å²) in [7, 11) is 1.58. The fourth-order valence-electron chi connectivity index (χ4n) is 5.54. The number of fused-ring (bicyclic) bond motifs is 2. The van der Waals surface area contributed by atoms with Gasteiger partial charge in [0.15, 0.2) is 4.80 Å². The number of allylic oxidation sites excluding steroid dienone is 1. The third-order valence-corrected chi connectivity index (χ3v) is 8.67. The van der Waals surface area contributed by atoms with Gasteiger partial charge in [-0.25, -0.2) is 9.79 Å². The van der Waals surface area contributed by atoms with Crippen LogP contribution in [0.15, 0.2) is 82.2 Å². The molecule has 9 heteroatoms. The highest BCUT2D eigenvalue weighted by Gasteiger charge is 2.37. The highest BCUT2D eigenvalue weighted by molar-refractivity contribution is 7.07. The summed E-state index contributed by atoms with van der Waals surface area (Å²) in [5.74, 6) is -0.112. The maximum atomic E-state index is 14.3. The second-order valence-corrected chi connectivity index (χ2v) is 11.3. The molecule has 1 atom stereocenters. The quantitative estimate of drug-likeness (QED) is 0.186. The van der Waals surface area contributed by atoms with Crippen LogP contribution in [0.25, 0.3) is 5.57 Å². The summed E-state index contributed by atoms with van der Waals surface area (Å²) in [4.78, 5) is 48.4. The number of carbonyl (C=O) groups excluding carboxylic acids is 2. The highest BCUT2D eigenvalue weighted by Crippen LogP contribution is 2.36. The second-order valence-electron chi connectivity index (χ2n) is 10.3. The van der Waals surface area contributed by atoms with Crippen LogP contribution in [0.4, 0.5) is 5.69 Å². The van der Waals surface area contributed by atoms with Crippen molar-refractivity contribution in [2.24, 2.45) is 4.99 Å². The Hall–Kier alpha value is -4.24. The molecule has 2 aromatic carbocycles. The number of hydrogen-bond acceptors (Lipinski definition) is 7. The molecule has 0 radical (unpaired) electrons. The molecule has 3 heterocycles. The number of unbranched alkanes of at least 4 members (excludes halogenated alkanes) is 4. The van der Waals surface area contributed by atoms with Gasteiger partial charge in [-0.1, -0.05) is 86.9 Å². The molecule has 0 N–H and O–H groups in total. The minimum Gasteiger partial charge on any atom is -0.497 e. The number of carbonyl (C=O) groups is 2. The van der Waals surface area contributed by atoms with Crippen LogP contribution in [0, 0.1) is 0 Å². The van der Waals surface area contributed by atoms with E-state index in [0.717, 1.165) is 36.9 Å². The van der Waals surface area contributed by atoms with Crippen LogP contribution in [-0.2, 0) is 14.3 Å². The van der Waals surface area contributed by atoms with E-state index >= 15 is 0 Å². The third kappa shape index (κ3) is 5.36. The van der Waals surface area contributed by atoms with E-state index in [2.05, 4.69) is 18.5 Å². The molecular formula is C33H35N3O5S. The summed E-state index contributed by atoms with van der Waals surface area (Å²) in [6, 6.07) is 14.0. The van der Waals surface area contributed by atoms with Crippen molar-refractivity contribution in [2.45, 2.75) is 52.0 Å². The van der Waals surface area contributed by atoms with Crippen molar-refractivity contribution >= 4 is 34.5 Å². The van der Waals surface area contributed by atoms with Gasteiger partial charge in [0.05, 0.1) is 35.7 Å². The summed E-state index contributed by atoms with van der Waals surface area (Å²) < 4.78 is 12.6. The second kappa shape index (κ2) is 12.7. The van der Waals surface area contributed by atoms with Gasteiger partial charge in [-0.3, -0.25) is 14.2 Å². The zero-order valence-corrected chi connectivity index (χ0v) is 25.0. The van der Waals surface area contributed by atoms with Gasteiger partial charge >= 0.3 is 5.97 Å². The highest BCUT2D eigenvalue weighted by atomic mass is 32.1. The van der Waals surface area contributed by atoms with Crippen molar-refractivity contribution in [3.05, 3.63) is 103 Å². The first-order valence-corrected chi connectivity index (χ1v) is 15.1. The Bertz CT molecular complexity index is 1730. The molecule has 42 heavy (non-hydrogen) atoms. The topological polar surface area (TPSA) is 90.2 Å². The molecule has 2 aliphatic rings. The monoisotopic (exact) mass is 585 g/mol. The van der Waals surface area contributed by atoms with E-state index < -0.39 is 12.0 Å². The van der Waals surface area contributed by atoms with Gasteiger partial charge in [0.25, 0.3) is 11.5 Å². The molecular weight excluding hydrogens is 550 g/mol. The number of aromatic nitrogens is 1. The van der Waals surface area contributed by atoms with Gasteiger partial charge in [0, 0.05) is 12.1 Å². The Labute approximate surface area is 248 Å². The third-order valence-electron chi connectivity index (χ3n) is 7.62. The van der Waals surface area contributed by atoms with Gasteiger partial charge in [-0.05, 0) is 37.1 Å². The largest absolute Gasteiger partial charge is 0.497 e. The average Bonchev–Trinajstić information content (AvgIpc) is 3.47. The summed E-state index contributed by atoms with van der Waals surface area (Å²) in [5, 5.41) is 0. The number of benzene rings is 2. The minimum absolute atomic E-state index is 0.0269. The average molecular weight is 586 g/mol. The predicted octanol–water partition coefficient (Wildman–Crippen LogP) is 4.66. The zero-order chi connectivity index (χ0) is 29.8. The van der Waals surface area contributed by atoms with Crippen molar-refractivity contribution in [1.82, 2.24) is 4.57 Å². The summed E-state index contributed by atoms with van der Waals surface area (Å²) in [6.45, 7) is 8.16. The Morgan fingerprint density at radius 2 is 1.81 bits per heavy atom. The summed E-state index contributed by atoms with van der Waals surface area (Å²) >= 11 is 1.18. The van der Waals surface area contributed by atoms with Gasteiger partial charge in [-0.2, -0.15) is 0 Å². The summed E-state index contributed by atoms with van der Waals surface area (Å²) in [6.07, 6.45) is 6.89. The molecule has 0 fully saturated rings. The Morgan fingerprint density at radius 3 is 2.52 bits per heavy atom. The molecule has 0 aliphatic carbocycles. The first kappa shape index (κ1) is 29.3. The van der Waals surface area contributed by atoms with Gasteiger partial charge in [0.2, 0.25) is 0 Å². The molecule has 5 rings (SSSR count). The van der Waals surface area contributed by atoms with Gasteiger partial charge in [0.1, 0.15) is 16.9 Å². The van der Waals surface area contributed by atoms with Crippen molar-refractivity contribution in [2.75, 3.05) is 25.2 Å². The van der Waals surface area contributed by atoms with E-state index in [4.69, 9.17) is 9.47 Å². The standard InChI is InChI=1S/C33H35N3O5S/c1-5-7-8-9-12-19-35-25-14-11-10-13-24(25)27(30(35)37)29-31(38)36-28(22-15-17-23(40-4)18-16-22)26(32(39)41-20-6-2)21(3)34-33(36)42-29/h6,10-11,13-18,28H,2,5,7-9,12,19-20H2,1,3-4H3. The van der Waals surface area contributed by atoms with E-state index in [1.54, 1.807) is 31.1 Å². The SMILES string of the molecule is C=CCOC(=O)C1=C(C)N=c2sc(=C3C(=O)N(CCCCCCC)c4ccccc43)c(=O)n2C1c1ccc(OC)cc1. The van der Waals surface area contributed by atoms with Gasteiger partial charge < -0.3 is 14.4 Å². The lowest BCUT2D eigenvalue weighted by Crippen LogP contribution is -2.41. The molecule has 0 saturated carbocycles. The van der Waals surface area contributed by atoms with Crippen LogP contribution < -0.4 is 24.5 Å². The molecule has 0 saturated heterocycles.